The van der Waals surface area contributed by atoms with Gasteiger partial charge in [-0.2, -0.15) is 4.31 Å². The number of nitrogens with one attached hydrogen (secondary N) is 1. The van der Waals surface area contributed by atoms with Crippen LogP contribution < -0.4 is 5.32 Å². The number of amides is 1. The number of aryl methyl sites for hydroxylation is 1. The van der Waals surface area contributed by atoms with E-state index in [0.29, 0.717) is 25.1 Å². The van der Waals surface area contributed by atoms with E-state index in [1.54, 1.807) is 25.1 Å². The minimum Gasteiger partial charge on any atom is -0.465 e. The summed E-state index contributed by atoms with van der Waals surface area (Å²) in [6, 6.07) is 3.48. The van der Waals surface area contributed by atoms with Gasteiger partial charge in [-0.1, -0.05) is 5.16 Å². The van der Waals surface area contributed by atoms with Gasteiger partial charge in [0.15, 0.2) is 10.7 Å². The first-order valence-electron chi connectivity index (χ1n) is 9.58. The number of rotatable bonds is 5. The van der Waals surface area contributed by atoms with Gasteiger partial charge in [0.25, 0.3) is 0 Å². The molecular weight excluding hydrogens is 394 g/mol. The molecule has 3 rings (SSSR count). The second kappa shape index (κ2) is 8.16. The zero-order chi connectivity index (χ0) is 21.2. The third-order valence-electron chi connectivity index (χ3n) is 4.63. The van der Waals surface area contributed by atoms with E-state index in [4.69, 9.17) is 8.94 Å². The number of hydrogen-bond donors (Lipinski definition) is 1. The van der Waals surface area contributed by atoms with Crippen LogP contribution in [0.5, 0.6) is 0 Å². The molecule has 1 fully saturated rings. The van der Waals surface area contributed by atoms with Crippen molar-refractivity contribution in [3.8, 4) is 0 Å². The Bertz CT molecular complexity index is 984. The van der Waals surface area contributed by atoms with E-state index in [2.05, 4.69) is 10.5 Å². The van der Waals surface area contributed by atoms with Gasteiger partial charge in [0.2, 0.25) is 15.9 Å². The smallest absolute Gasteiger partial charge is 0.248 e. The maximum atomic E-state index is 13.3. The summed E-state index contributed by atoms with van der Waals surface area (Å²) in [5, 5.41) is 6.78. The molecule has 29 heavy (non-hydrogen) atoms. The predicted octanol–water partition coefficient (Wildman–Crippen LogP) is 3.06. The van der Waals surface area contributed by atoms with Crippen LogP contribution >= 0.6 is 0 Å². The molecule has 1 aliphatic heterocycles. The van der Waals surface area contributed by atoms with Gasteiger partial charge in [0, 0.05) is 18.6 Å². The second-order valence-electron chi connectivity index (χ2n) is 8.25. The summed E-state index contributed by atoms with van der Waals surface area (Å²) in [5.41, 5.74) is -0.0852. The van der Waals surface area contributed by atoms with Crippen molar-refractivity contribution in [2.75, 3.05) is 13.1 Å². The summed E-state index contributed by atoms with van der Waals surface area (Å²) in [4.78, 5) is 12.6. The number of nitrogens with zero attached hydrogens (tertiary/aromatic N) is 2. The average Bonchev–Trinajstić information content (AvgIpc) is 3.28. The zero-order valence-corrected chi connectivity index (χ0v) is 18.0. The lowest BCUT2D eigenvalue weighted by atomic mass is 9.97. The summed E-state index contributed by atoms with van der Waals surface area (Å²) in [5.74, 6) is 0.192. The highest BCUT2D eigenvalue weighted by molar-refractivity contribution is 7.89. The Kier molecular flexibility index (Phi) is 6.00. The fourth-order valence-corrected chi connectivity index (χ4v) is 5.09. The first-order valence-corrected chi connectivity index (χ1v) is 11.0. The molecule has 0 aromatic carbocycles. The topological polar surface area (TPSA) is 106 Å². The summed E-state index contributed by atoms with van der Waals surface area (Å²) in [7, 11) is -3.87. The van der Waals surface area contributed by atoms with Crippen LogP contribution in [0.4, 0.5) is 0 Å². The highest BCUT2D eigenvalue weighted by atomic mass is 32.2. The van der Waals surface area contributed by atoms with Gasteiger partial charge >= 0.3 is 0 Å². The number of carbonyl (C=O) groups is 1. The Hall–Kier alpha value is -2.39. The fraction of sp³-hybridized carbons (Fsp3) is 0.500. The lowest BCUT2D eigenvalue weighted by molar-refractivity contribution is -0.127. The summed E-state index contributed by atoms with van der Waals surface area (Å²) >= 11 is 0. The van der Waals surface area contributed by atoms with Crippen LogP contribution in [-0.4, -0.2) is 42.4 Å². The molecule has 0 unspecified atom stereocenters. The molecule has 1 amide bonds. The lowest BCUT2D eigenvalue weighted by Crippen LogP contribution is -2.49. The van der Waals surface area contributed by atoms with Crippen LogP contribution in [0.25, 0.3) is 12.2 Å². The Balaban J connectivity index is 1.83. The molecule has 2 aromatic heterocycles. The number of carbonyl (C=O) groups excluding carboxylic acids is 1. The number of piperidine rings is 1. The molecule has 1 atom stereocenters. The molecule has 1 saturated heterocycles. The van der Waals surface area contributed by atoms with Crippen LogP contribution in [-0.2, 0) is 14.8 Å². The Morgan fingerprint density at radius 3 is 2.76 bits per heavy atom. The number of sulfonamides is 1. The van der Waals surface area contributed by atoms with Crippen molar-refractivity contribution in [3.63, 3.8) is 0 Å². The van der Waals surface area contributed by atoms with Gasteiger partial charge in [-0.25, -0.2) is 8.42 Å². The Morgan fingerprint density at radius 1 is 1.34 bits per heavy atom. The van der Waals surface area contributed by atoms with Crippen molar-refractivity contribution in [2.45, 2.75) is 51.0 Å². The average molecular weight is 422 g/mol. The van der Waals surface area contributed by atoms with E-state index in [-0.39, 0.29) is 40.3 Å². The monoisotopic (exact) mass is 421 g/mol. The summed E-state index contributed by atoms with van der Waals surface area (Å²) < 4.78 is 38.5. The molecule has 8 nitrogen and oxygen atoms in total. The molecule has 0 saturated carbocycles. The van der Waals surface area contributed by atoms with E-state index < -0.39 is 10.0 Å². The number of furan rings is 1. The first kappa shape index (κ1) is 21.3. The zero-order valence-electron chi connectivity index (χ0n) is 17.1. The first-order chi connectivity index (χ1) is 13.6. The third kappa shape index (κ3) is 4.97. The molecule has 2 aromatic rings. The molecule has 3 heterocycles. The third-order valence-corrected chi connectivity index (χ3v) is 6.65. The molecule has 0 radical (unpaired) electrons. The standard InChI is InChI=1S/C20H27N3O5S/c1-14-18(17(28-22-14)10-9-16-8-6-12-27-16)29(25,26)23-11-5-7-15(13-23)19(24)21-20(2,3)4/h6,8-10,12,15H,5,7,11,13H2,1-4H3,(H,21,24)/b10-9+/t15-/m1/s1. The van der Waals surface area contributed by atoms with Crippen LogP contribution in [0.2, 0.25) is 0 Å². The molecule has 0 aliphatic carbocycles. The maximum Gasteiger partial charge on any atom is 0.248 e. The number of aromatic nitrogens is 1. The van der Waals surface area contributed by atoms with E-state index in [9.17, 15) is 13.2 Å². The molecule has 0 spiro atoms. The van der Waals surface area contributed by atoms with Gasteiger partial charge in [-0.15, -0.1) is 0 Å². The van der Waals surface area contributed by atoms with E-state index >= 15 is 0 Å². The van der Waals surface area contributed by atoms with Gasteiger partial charge < -0.3 is 14.3 Å². The highest BCUT2D eigenvalue weighted by Gasteiger charge is 2.37. The minimum absolute atomic E-state index is 0.0252. The van der Waals surface area contributed by atoms with E-state index in [0.717, 1.165) is 0 Å². The Morgan fingerprint density at radius 2 is 2.10 bits per heavy atom. The largest absolute Gasteiger partial charge is 0.465 e. The predicted molar refractivity (Wildman–Crippen MR) is 108 cm³/mol. The van der Waals surface area contributed by atoms with Crippen molar-refractivity contribution < 1.29 is 22.2 Å². The normalized spacial score (nSPS) is 19.0. The quantitative estimate of drug-likeness (QED) is 0.795. The van der Waals surface area contributed by atoms with Crippen molar-refractivity contribution in [1.29, 1.82) is 0 Å². The second-order valence-corrected chi connectivity index (χ2v) is 10.1. The van der Waals surface area contributed by atoms with E-state index in [1.807, 2.05) is 20.8 Å². The van der Waals surface area contributed by atoms with Crippen LogP contribution in [0.15, 0.2) is 32.2 Å². The van der Waals surface area contributed by atoms with Gasteiger partial charge in [-0.05, 0) is 64.8 Å². The molecule has 1 aliphatic rings. The van der Waals surface area contributed by atoms with Crippen molar-refractivity contribution in [2.24, 2.45) is 5.92 Å². The summed E-state index contributed by atoms with van der Waals surface area (Å²) in [6.07, 6.45) is 5.94. The van der Waals surface area contributed by atoms with Crippen molar-refractivity contribution in [3.05, 3.63) is 35.6 Å². The molecule has 9 heteroatoms. The minimum atomic E-state index is -3.87. The van der Waals surface area contributed by atoms with Crippen molar-refractivity contribution >= 4 is 28.1 Å². The van der Waals surface area contributed by atoms with Crippen molar-refractivity contribution in [1.82, 2.24) is 14.8 Å². The van der Waals surface area contributed by atoms with Gasteiger partial charge in [0.1, 0.15) is 11.5 Å². The molecule has 1 N–H and O–H groups in total. The molecule has 0 bridgehead atoms. The fourth-order valence-electron chi connectivity index (χ4n) is 3.32. The van der Waals surface area contributed by atoms with Crippen LogP contribution in [0, 0.1) is 12.8 Å². The van der Waals surface area contributed by atoms with Gasteiger partial charge in [-0.3, -0.25) is 4.79 Å². The SMILES string of the molecule is Cc1noc(/C=C/c2ccco2)c1S(=O)(=O)N1CCC[C@@H](C(=O)NC(C)(C)C)C1. The molecule has 158 valence electrons. The highest BCUT2D eigenvalue weighted by Crippen LogP contribution is 2.29. The summed E-state index contributed by atoms with van der Waals surface area (Å²) in [6.45, 7) is 7.79. The van der Waals surface area contributed by atoms with E-state index in [1.165, 1.54) is 16.6 Å². The maximum absolute atomic E-state index is 13.3. The lowest BCUT2D eigenvalue weighted by Gasteiger charge is -2.33. The number of hydrogen-bond acceptors (Lipinski definition) is 6. The molecular formula is C20H27N3O5S. The van der Waals surface area contributed by atoms with Gasteiger partial charge in [0.05, 0.1) is 12.2 Å². The van der Waals surface area contributed by atoms with Crippen LogP contribution in [0.1, 0.15) is 50.8 Å². The van der Waals surface area contributed by atoms with Crippen LogP contribution in [0.3, 0.4) is 0 Å². The Labute approximate surface area is 171 Å².